The zero-order chi connectivity index (χ0) is 20.3. The average molecular weight is 423 g/mol. The Morgan fingerprint density at radius 2 is 1.75 bits per heavy atom. The lowest BCUT2D eigenvalue weighted by Gasteiger charge is -2.23. The van der Waals surface area contributed by atoms with Crippen molar-refractivity contribution in [3.05, 3.63) is 59.1 Å². The van der Waals surface area contributed by atoms with Crippen molar-refractivity contribution in [2.75, 3.05) is 19.0 Å². The van der Waals surface area contributed by atoms with Crippen LogP contribution in [-0.2, 0) is 19.6 Å². The van der Waals surface area contributed by atoms with Crippen LogP contribution < -0.4 is 5.32 Å². The molecule has 1 amide bonds. The van der Waals surface area contributed by atoms with Crippen molar-refractivity contribution in [1.29, 1.82) is 0 Å². The molecule has 1 saturated heterocycles. The van der Waals surface area contributed by atoms with Gasteiger partial charge in [0.1, 0.15) is 6.04 Å². The maximum Gasteiger partial charge on any atom is 0.337 e. The minimum Gasteiger partial charge on any atom is -0.465 e. The molecule has 1 aliphatic heterocycles. The van der Waals surface area contributed by atoms with E-state index in [0.29, 0.717) is 29.1 Å². The quantitative estimate of drug-likeness (QED) is 0.748. The number of ether oxygens (including phenoxy) is 1. The van der Waals surface area contributed by atoms with Crippen LogP contribution in [0.25, 0.3) is 0 Å². The summed E-state index contributed by atoms with van der Waals surface area (Å²) in [6, 6.07) is 11.2. The van der Waals surface area contributed by atoms with Gasteiger partial charge in [-0.05, 0) is 61.4 Å². The Bertz CT molecular complexity index is 974. The summed E-state index contributed by atoms with van der Waals surface area (Å²) in [6.45, 7) is 0.268. The fourth-order valence-corrected chi connectivity index (χ4v) is 4.85. The molecule has 1 N–H and O–H groups in total. The van der Waals surface area contributed by atoms with E-state index >= 15 is 0 Å². The Kier molecular flexibility index (Phi) is 6.02. The van der Waals surface area contributed by atoms with Crippen LogP contribution >= 0.6 is 11.6 Å². The van der Waals surface area contributed by atoms with E-state index in [1.165, 1.54) is 47.8 Å². The van der Waals surface area contributed by atoms with Crippen molar-refractivity contribution in [3.63, 3.8) is 0 Å². The van der Waals surface area contributed by atoms with E-state index in [9.17, 15) is 18.0 Å². The minimum absolute atomic E-state index is 0.0963. The number of rotatable bonds is 5. The summed E-state index contributed by atoms with van der Waals surface area (Å²) < 4.78 is 31.7. The number of sulfonamides is 1. The summed E-state index contributed by atoms with van der Waals surface area (Å²) in [6.07, 6.45) is 1.02. The summed E-state index contributed by atoms with van der Waals surface area (Å²) in [4.78, 5) is 24.3. The molecule has 148 valence electrons. The molecule has 28 heavy (non-hydrogen) atoms. The van der Waals surface area contributed by atoms with Crippen molar-refractivity contribution in [2.24, 2.45) is 0 Å². The third kappa shape index (κ3) is 4.19. The van der Waals surface area contributed by atoms with E-state index < -0.39 is 27.9 Å². The van der Waals surface area contributed by atoms with Gasteiger partial charge in [-0.1, -0.05) is 11.6 Å². The van der Waals surface area contributed by atoms with Crippen LogP contribution in [0.3, 0.4) is 0 Å². The molecule has 0 radical (unpaired) electrons. The third-order valence-electron chi connectivity index (χ3n) is 4.50. The number of benzene rings is 2. The largest absolute Gasteiger partial charge is 0.465 e. The number of nitrogens with zero attached hydrogens (tertiary/aromatic N) is 1. The molecule has 0 saturated carbocycles. The van der Waals surface area contributed by atoms with Gasteiger partial charge < -0.3 is 10.1 Å². The number of hydrogen-bond acceptors (Lipinski definition) is 5. The Morgan fingerprint density at radius 1 is 1.11 bits per heavy atom. The summed E-state index contributed by atoms with van der Waals surface area (Å²) in [5.41, 5.74) is 0.821. The summed E-state index contributed by atoms with van der Waals surface area (Å²) >= 11 is 5.83. The zero-order valence-corrected chi connectivity index (χ0v) is 16.7. The number of anilines is 1. The fraction of sp³-hybridized carbons (Fsp3) is 0.263. The van der Waals surface area contributed by atoms with E-state index in [1.807, 2.05) is 0 Å². The molecule has 0 unspecified atom stereocenters. The van der Waals surface area contributed by atoms with Crippen LogP contribution in [0.15, 0.2) is 53.4 Å². The van der Waals surface area contributed by atoms with E-state index in [-0.39, 0.29) is 11.4 Å². The van der Waals surface area contributed by atoms with Crippen molar-refractivity contribution >= 4 is 39.2 Å². The molecule has 0 spiro atoms. The maximum absolute atomic E-state index is 12.9. The minimum atomic E-state index is -3.81. The van der Waals surface area contributed by atoms with Crippen LogP contribution in [0.4, 0.5) is 5.69 Å². The average Bonchev–Trinajstić information content (AvgIpc) is 3.19. The van der Waals surface area contributed by atoms with Crippen molar-refractivity contribution in [3.8, 4) is 0 Å². The Balaban J connectivity index is 1.76. The first kappa shape index (κ1) is 20.3. The molecule has 1 heterocycles. The van der Waals surface area contributed by atoms with Crippen molar-refractivity contribution < 1.29 is 22.7 Å². The van der Waals surface area contributed by atoms with Crippen LogP contribution in [0.5, 0.6) is 0 Å². The Morgan fingerprint density at radius 3 is 2.36 bits per heavy atom. The van der Waals surface area contributed by atoms with Crippen LogP contribution in [0, 0.1) is 0 Å². The van der Waals surface area contributed by atoms with Gasteiger partial charge in [0, 0.05) is 17.3 Å². The molecule has 7 nitrogen and oxygen atoms in total. The Hall–Kier alpha value is -2.42. The monoisotopic (exact) mass is 422 g/mol. The Labute approximate surface area is 168 Å². The zero-order valence-electron chi connectivity index (χ0n) is 15.1. The number of halogens is 1. The summed E-state index contributed by atoms with van der Waals surface area (Å²) in [7, 11) is -2.53. The highest BCUT2D eigenvalue weighted by Crippen LogP contribution is 2.27. The fourth-order valence-electron chi connectivity index (χ4n) is 3.06. The number of methoxy groups -OCH3 is 1. The van der Waals surface area contributed by atoms with Gasteiger partial charge in [-0.3, -0.25) is 4.79 Å². The second kappa shape index (κ2) is 8.30. The first-order valence-electron chi connectivity index (χ1n) is 8.59. The van der Waals surface area contributed by atoms with Gasteiger partial charge in [0.2, 0.25) is 15.9 Å². The van der Waals surface area contributed by atoms with Crippen molar-refractivity contribution in [2.45, 2.75) is 23.8 Å². The van der Waals surface area contributed by atoms with Crippen molar-refractivity contribution in [1.82, 2.24) is 4.31 Å². The molecular formula is C19H19ClN2O5S. The standard InChI is InChI=1S/C19H19ClN2O5S/c1-27-19(24)13-4-8-15(9-5-13)21-18(23)17-3-2-12-22(17)28(25,26)16-10-6-14(20)7-11-16/h4-11,17H,2-3,12H2,1H3,(H,21,23)/t17-/m0/s1. The van der Waals surface area contributed by atoms with E-state index in [0.717, 1.165) is 0 Å². The number of hydrogen-bond donors (Lipinski definition) is 1. The lowest BCUT2D eigenvalue weighted by atomic mass is 10.2. The van der Waals surface area contributed by atoms with Gasteiger partial charge in [0.15, 0.2) is 0 Å². The highest BCUT2D eigenvalue weighted by Gasteiger charge is 2.39. The summed E-state index contributed by atoms with van der Waals surface area (Å²) in [5, 5.41) is 3.15. The molecule has 1 aliphatic rings. The van der Waals surface area contributed by atoms with Crippen LogP contribution in [-0.4, -0.2) is 44.3 Å². The van der Waals surface area contributed by atoms with Gasteiger partial charge >= 0.3 is 5.97 Å². The molecule has 1 atom stereocenters. The van der Waals surface area contributed by atoms with Gasteiger partial charge in [0.05, 0.1) is 17.6 Å². The summed E-state index contributed by atoms with van der Waals surface area (Å²) in [5.74, 6) is -0.894. The highest BCUT2D eigenvalue weighted by atomic mass is 35.5. The van der Waals surface area contributed by atoms with Gasteiger partial charge in [-0.15, -0.1) is 0 Å². The van der Waals surface area contributed by atoms with E-state index in [1.54, 1.807) is 12.1 Å². The predicted molar refractivity (Wildman–Crippen MR) is 105 cm³/mol. The van der Waals surface area contributed by atoms with E-state index in [2.05, 4.69) is 10.1 Å². The third-order valence-corrected chi connectivity index (χ3v) is 6.67. The molecular weight excluding hydrogens is 404 g/mol. The topological polar surface area (TPSA) is 92.8 Å². The lowest BCUT2D eigenvalue weighted by Crippen LogP contribution is -2.43. The molecule has 2 aromatic rings. The second-order valence-corrected chi connectivity index (χ2v) is 8.61. The number of amides is 1. The molecule has 0 aromatic heterocycles. The normalized spacial score (nSPS) is 17.3. The molecule has 1 fully saturated rings. The molecule has 0 aliphatic carbocycles. The number of carbonyl (C=O) groups is 2. The highest BCUT2D eigenvalue weighted by molar-refractivity contribution is 7.89. The van der Waals surface area contributed by atoms with Crippen LogP contribution in [0.1, 0.15) is 23.2 Å². The number of carbonyl (C=O) groups excluding carboxylic acids is 2. The predicted octanol–water partition coefficient (Wildman–Crippen LogP) is 2.92. The molecule has 0 bridgehead atoms. The molecule has 3 rings (SSSR count). The first-order chi connectivity index (χ1) is 13.3. The number of nitrogens with one attached hydrogen (secondary N) is 1. The SMILES string of the molecule is COC(=O)c1ccc(NC(=O)[C@@H]2CCCN2S(=O)(=O)c2ccc(Cl)cc2)cc1. The first-order valence-corrected chi connectivity index (χ1v) is 10.4. The second-order valence-electron chi connectivity index (χ2n) is 6.29. The molecule has 9 heteroatoms. The lowest BCUT2D eigenvalue weighted by molar-refractivity contribution is -0.119. The van der Waals surface area contributed by atoms with Crippen LogP contribution in [0.2, 0.25) is 5.02 Å². The smallest absolute Gasteiger partial charge is 0.337 e. The molecule has 2 aromatic carbocycles. The van der Waals surface area contributed by atoms with Gasteiger partial charge in [0.25, 0.3) is 0 Å². The number of esters is 1. The van der Waals surface area contributed by atoms with Gasteiger partial charge in [-0.25, -0.2) is 13.2 Å². The van der Waals surface area contributed by atoms with E-state index in [4.69, 9.17) is 11.6 Å². The van der Waals surface area contributed by atoms with Gasteiger partial charge in [-0.2, -0.15) is 4.31 Å². The maximum atomic E-state index is 12.9.